The van der Waals surface area contributed by atoms with E-state index < -0.39 is 0 Å². The summed E-state index contributed by atoms with van der Waals surface area (Å²) in [5.41, 5.74) is 1.77. The molecule has 1 aliphatic heterocycles. The molecule has 1 aromatic heterocycles. The standard InChI is InChI=1S/C15H13N3O2S2/c1-9-8-21-14(16-9)17-15-18(2)13(20)12(22-15)7-10-3-5-11(19)6-4-10/h3-8,19H,1-2H3/b12-7-,17-15+. The summed E-state index contributed by atoms with van der Waals surface area (Å²) in [6.45, 7) is 1.91. The number of carbonyl (C=O) groups excluding carboxylic acids is 1. The van der Waals surface area contributed by atoms with Gasteiger partial charge in [-0.05, 0) is 42.5 Å². The van der Waals surface area contributed by atoms with Crippen LogP contribution in [0.4, 0.5) is 5.13 Å². The number of aromatic hydroxyl groups is 1. The van der Waals surface area contributed by atoms with Crippen LogP contribution in [0.25, 0.3) is 6.08 Å². The van der Waals surface area contributed by atoms with Crippen LogP contribution < -0.4 is 0 Å². The Hall–Kier alpha value is -2.12. The first-order valence-corrected chi connectivity index (χ1v) is 8.20. The third-order valence-corrected chi connectivity index (χ3v) is 4.91. The average molecular weight is 331 g/mol. The summed E-state index contributed by atoms with van der Waals surface area (Å²) in [6.07, 6.45) is 1.79. The average Bonchev–Trinajstić information content (AvgIpc) is 3.01. The number of carbonyl (C=O) groups is 1. The highest BCUT2D eigenvalue weighted by Crippen LogP contribution is 2.33. The Labute approximate surface area is 136 Å². The van der Waals surface area contributed by atoms with Crippen molar-refractivity contribution in [2.24, 2.45) is 4.99 Å². The molecule has 1 aromatic carbocycles. The predicted molar refractivity (Wildman–Crippen MR) is 90.4 cm³/mol. The van der Waals surface area contributed by atoms with Crippen molar-refractivity contribution in [3.8, 4) is 5.75 Å². The van der Waals surface area contributed by atoms with Crippen molar-refractivity contribution in [1.82, 2.24) is 9.88 Å². The zero-order valence-corrected chi connectivity index (χ0v) is 13.6. The maximum atomic E-state index is 12.3. The molecule has 0 atom stereocenters. The van der Waals surface area contributed by atoms with Crippen molar-refractivity contribution >= 4 is 45.4 Å². The molecule has 0 spiro atoms. The number of phenols is 1. The summed E-state index contributed by atoms with van der Waals surface area (Å²) >= 11 is 2.77. The molecular formula is C15H13N3O2S2. The Morgan fingerprint density at radius 3 is 2.68 bits per heavy atom. The number of nitrogens with zero attached hydrogens (tertiary/aromatic N) is 3. The van der Waals surface area contributed by atoms with Crippen molar-refractivity contribution in [1.29, 1.82) is 0 Å². The van der Waals surface area contributed by atoms with Crippen LogP contribution >= 0.6 is 23.1 Å². The number of benzene rings is 1. The lowest BCUT2D eigenvalue weighted by molar-refractivity contribution is -0.121. The van der Waals surface area contributed by atoms with E-state index in [-0.39, 0.29) is 11.7 Å². The minimum atomic E-state index is -0.0925. The molecule has 3 rings (SSSR count). The van der Waals surface area contributed by atoms with E-state index in [1.165, 1.54) is 28.0 Å². The van der Waals surface area contributed by atoms with Gasteiger partial charge in [0, 0.05) is 12.4 Å². The topological polar surface area (TPSA) is 65.8 Å². The van der Waals surface area contributed by atoms with Crippen molar-refractivity contribution in [3.63, 3.8) is 0 Å². The molecule has 5 nitrogen and oxygen atoms in total. The molecule has 1 amide bonds. The number of phenolic OH excluding ortho intramolecular Hbond substituents is 1. The Bertz CT molecular complexity index is 778. The number of rotatable bonds is 2. The fraction of sp³-hybridized carbons (Fsp3) is 0.133. The third kappa shape index (κ3) is 3.05. The highest BCUT2D eigenvalue weighted by atomic mass is 32.2. The van der Waals surface area contributed by atoms with Gasteiger partial charge < -0.3 is 5.11 Å². The Morgan fingerprint density at radius 2 is 2.05 bits per heavy atom. The Kier molecular flexibility index (Phi) is 4.00. The van der Waals surface area contributed by atoms with E-state index in [9.17, 15) is 9.90 Å². The number of thiazole rings is 1. The van der Waals surface area contributed by atoms with Gasteiger partial charge in [-0.2, -0.15) is 4.99 Å². The second kappa shape index (κ2) is 5.94. The molecule has 0 bridgehead atoms. The minimum Gasteiger partial charge on any atom is -0.508 e. The van der Waals surface area contributed by atoms with Gasteiger partial charge in [-0.1, -0.05) is 12.1 Å². The van der Waals surface area contributed by atoms with E-state index in [0.717, 1.165) is 11.3 Å². The first kappa shape index (κ1) is 14.8. The van der Waals surface area contributed by atoms with Gasteiger partial charge in [-0.15, -0.1) is 11.3 Å². The number of aromatic nitrogens is 1. The summed E-state index contributed by atoms with van der Waals surface area (Å²) in [6, 6.07) is 6.70. The van der Waals surface area contributed by atoms with Crippen LogP contribution in [-0.4, -0.2) is 33.1 Å². The van der Waals surface area contributed by atoms with Gasteiger partial charge in [0.15, 0.2) is 5.17 Å². The first-order chi connectivity index (χ1) is 10.5. The molecule has 112 valence electrons. The summed E-state index contributed by atoms with van der Waals surface area (Å²) in [4.78, 5) is 23.1. The zero-order chi connectivity index (χ0) is 15.7. The van der Waals surface area contributed by atoms with E-state index in [4.69, 9.17) is 0 Å². The van der Waals surface area contributed by atoms with E-state index in [2.05, 4.69) is 9.98 Å². The maximum Gasteiger partial charge on any atom is 0.266 e. The molecular weight excluding hydrogens is 318 g/mol. The molecule has 1 fully saturated rings. The highest BCUT2D eigenvalue weighted by molar-refractivity contribution is 8.18. The molecule has 0 aliphatic carbocycles. The molecule has 2 heterocycles. The predicted octanol–water partition coefficient (Wildman–Crippen LogP) is 3.39. The van der Waals surface area contributed by atoms with Gasteiger partial charge in [0.25, 0.3) is 5.91 Å². The molecule has 0 radical (unpaired) electrons. The van der Waals surface area contributed by atoms with E-state index in [0.29, 0.717) is 15.2 Å². The molecule has 7 heteroatoms. The monoisotopic (exact) mass is 331 g/mol. The third-order valence-electron chi connectivity index (χ3n) is 2.99. The van der Waals surface area contributed by atoms with Crippen molar-refractivity contribution in [3.05, 3.63) is 45.8 Å². The van der Waals surface area contributed by atoms with Crippen molar-refractivity contribution in [2.45, 2.75) is 6.92 Å². The quantitative estimate of drug-likeness (QED) is 0.857. The van der Waals surface area contributed by atoms with E-state index in [1.54, 1.807) is 37.4 Å². The molecule has 1 N–H and O–H groups in total. The summed E-state index contributed by atoms with van der Waals surface area (Å²) in [5.74, 6) is 0.108. The zero-order valence-electron chi connectivity index (χ0n) is 12.0. The first-order valence-electron chi connectivity index (χ1n) is 6.50. The normalized spacial score (nSPS) is 18.6. The summed E-state index contributed by atoms with van der Waals surface area (Å²) in [7, 11) is 1.70. The van der Waals surface area contributed by atoms with Crippen molar-refractivity contribution in [2.75, 3.05) is 7.05 Å². The number of aliphatic imine (C=N–C) groups is 1. The Morgan fingerprint density at radius 1 is 1.32 bits per heavy atom. The lowest BCUT2D eigenvalue weighted by atomic mass is 10.2. The van der Waals surface area contributed by atoms with E-state index in [1.807, 2.05) is 12.3 Å². The maximum absolute atomic E-state index is 12.3. The second-order valence-electron chi connectivity index (χ2n) is 4.73. The smallest absolute Gasteiger partial charge is 0.266 e. The van der Waals surface area contributed by atoms with E-state index >= 15 is 0 Å². The van der Waals surface area contributed by atoms with Crippen LogP contribution in [-0.2, 0) is 4.79 Å². The number of amidine groups is 1. The van der Waals surface area contributed by atoms with Gasteiger partial charge >= 0.3 is 0 Å². The fourth-order valence-corrected chi connectivity index (χ4v) is 3.54. The minimum absolute atomic E-state index is 0.0925. The fourth-order valence-electron chi connectivity index (χ4n) is 1.85. The highest BCUT2D eigenvalue weighted by Gasteiger charge is 2.30. The number of likely N-dealkylation sites (N-methyl/N-ethyl adjacent to an activating group) is 1. The van der Waals surface area contributed by atoms with Gasteiger partial charge in [0.2, 0.25) is 5.13 Å². The summed E-state index contributed by atoms with van der Waals surface area (Å²) in [5, 5.41) is 12.5. The SMILES string of the molecule is Cc1csc(/N=C2/S/C(=C\c3ccc(O)cc3)C(=O)N2C)n1. The second-order valence-corrected chi connectivity index (χ2v) is 6.58. The number of thioether (sulfide) groups is 1. The number of amides is 1. The molecule has 22 heavy (non-hydrogen) atoms. The molecule has 1 saturated heterocycles. The van der Waals surface area contributed by atoms with Crippen molar-refractivity contribution < 1.29 is 9.90 Å². The number of aryl methyl sites for hydroxylation is 1. The van der Waals surface area contributed by atoms with Crippen LogP contribution in [0.3, 0.4) is 0 Å². The van der Waals surface area contributed by atoms with Crippen LogP contribution in [0.1, 0.15) is 11.3 Å². The lowest BCUT2D eigenvalue weighted by Crippen LogP contribution is -2.23. The van der Waals surface area contributed by atoms with Crippen LogP contribution in [0.2, 0.25) is 0 Å². The number of hydrogen-bond donors (Lipinski definition) is 1. The van der Waals surface area contributed by atoms with Gasteiger partial charge in [0.1, 0.15) is 5.75 Å². The van der Waals surface area contributed by atoms with Gasteiger partial charge in [0.05, 0.1) is 10.6 Å². The summed E-state index contributed by atoms with van der Waals surface area (Å²) < 4.78 is 0. The van der Waals surface area contributed by atoms with Gasteiger partial charge in [-0.25, -0.2) is 4.98 Å². The Balaban J connectivity index is 1.88. The molecule has 1 aliphatic rings. The molecule has 0 unspecified atom stereocenters. The lowest BCUT2D eigenvalue weighted by Gasteiger charge is -2.05. The van der Waals surface area contributed by atoms with Crippen LogP contribution in [0.15, 0.2) is 39.5 Å². The largest absolute Gasteiger partial charge is 0.508 e. The molecule has 0 saturated carbocycles. The van der Waals surface area contributed by atoms with Crippen LogP contribution in [0, 0.1) is 6.92 Å². The molecule has 2 aromatic rings. The van der Waals surface area contributed by atoms with Gasteiger partial charge in [-0.3, -0.25) is 9.69 Å². The van der Waals surface area contributed by atoms with Crippen LogP contribution in [0.5, 0.6) is 5.75 Å². The number of hydrogen-bond acceptors (Lipinski definition) is 6.